The van der Waals surface area contributed by atoms with Gasteiger partial charge in [-0.15, -0.1) is 5.10 Å². The molecule has 7 nitrogen and oxygen atoms in total. The SMILES string of the molecule is C=CCOc1ccc(-c2nc3s/c(=C\c4ccc(OCCCCCC)c(OC)c4)c(=O)n3n2)cc1. The van der Waals surface area contributed by atoms with Gasteiger partial charge in [-0.3, -0.25) is 4.79 Å². The molecule has 0 N–H and O–H groups in total. The first-order chi connectivity index (χ1) is 17.1. The zero-order valence-corrected chi connectivity index (χ0v) is 20.8. The molecule has 182 valence electrons. The average Bonchev–Trinajstić information content (AvgIpc) is 3.42. The Kier molecular flexibility index (Phi) is 8.15. The summed E-state index contributed by atoms with van der Waals surface area (Å²) < 4.78 is 18.8. The van der Waals surface area contributed by atoms with Crippen molar-refractivity contribution in [2.45, 2.75) is 32.6 Å². The molecule has 2 aromatic carbocycles. The first-order valence-electron chi connectivity index (χ1n) is 11.7. The lowest BCUT2D eigenvalue weighted by atomic mass is 10.2. The van der Waals surface area contributed by atoms with Crippen LogP contribution in [0.5, 0.6) is 17.2 Å². The maximum Gasteiger partial charge on any atom is 0.291 e. The largest absolute Gasteiger partial charge is 0.493 e. The highest BCUT2D eigenvalue weighted by molar-refractivity contribution is 7.15. The maximum absolute atomic E-state index is 13.0. The fraction of sp³-hybridized carbons (Fsp3) is 0.296. The summed E-state index contributed by atoms with van der Waals surface area (Å²) in [6.45, 7) is 6.93. The van der Waals surface area contributed by atoms with Crippen LogP contribution in [0, 0.1) is 0 Å². The fourth-order valence-electron chi connectivity index (χ4n) is 3.57. The van der Waals surface area contributed by atoms with Crippen LogP contribution in [0.1, 0.15) is 38.2 Å². The van der Waals surface area contributed by atoms with Gasteiger partial charge in [0.15, 0.2) is 17.3 Å². The maximum atomic E-state index is 13.0. The highest BCUT2D eigenvalue weighted by Crippen LogP contribution is 2.28. The third-order valence-corrected chi connectivity index (χ3v) is 6.36. The summed E-state index contributed by atoms with van der Waals surface area (Å²) in [5.41, 5.74) is 1.45. The Morgan fingerprint density at radius 3 is 2.60 bits per heavy atom. The van der Waals surface area contributed by atoms with Gasteiger partial charge in [0, 0.05) is 5.56 Å². The predicted octanol–water partition coefficient (Wildman–Crippen LogP) is 4.90. The Labute approximate surface area is 208 Å². The molecule has 8 heteroatoms. The van der Waals surface area contributed by atoms with Crippen molar-refractivity contribution in [2.24, 2.45) is 0 Å². The molecule has 2 aromatic heterocycles. The standard InChI is InChI=1S/C27H29N3O4S/c1-4-6-7-8-16-34-22-14-9-19(17-23(22)32-3)18-24-26(31)30-27(35-24)28-25(29-30)20-10-12-21(13-11-20)33-15-5-2/h5,9-14,17-18H,2,4,6-8,15-16H2,1,3H3/b24-18-. The van der Waals surface area contributed by atoms with E-state index in [9.17, 15) is 4.79 Å². The van der Waals surface area contributed by atoms with Crippen LogP contribution in [0.25, 0.3) is 22.4 Å². The van der Waals surface area contributed by atoms with Gasteiger partial charge in [0.25, 0.3) is 5.56 Å². The lowest BCUT2D eigenvalue weighted by Gasteiger charge is -2.11. The second-order valence-electron chi connectivity index (χ2n) is 7.99. The average molecular weight is 492 g/mol. The van der Waals surface area contributed by atoms with Crippen LogP contribution in [-0.4, -0.2) is 34.9 Å². The molecule has 0 bridgehead atoms. The lowest BCUT2D eigenvalue weighted by molar-refractivity contribution is 0.285. The quantitative estimate of drug-likeness (QED) is 0.207. The Morgan fingerprint density at radius 2 is 1.89 bits per heavy atom. The number of hydrogen-bond acceptors (Lipinski definition) is 7. The molecule has 2 heterocycles. The van der Waals surface area contributed by atoms with Crippen molar-refractivity contribution in [3.8, 4) is 28.6 Å². The van der Waals surface area contributed by atoms with Gasteiger partial charge < -0.3 is 14.2 Å². The highest BCUT2D eigenvalue weighted by atomic mass is 32.1. The number of ether oxygens (including phenoxy) is 3. The second kappa shape index (κ2) is 11.7. The minimum Gasteiger partial charge on any atom is -0.493 e. The summed E-state index contributed by atoms with van der Waals surface area (Å²) >= 11 is 1.30. The fourth-order valence-corrected chi connectivity index (χ4v) is 4.47. The summed E-state index contributed by atoms with van der Waals surface area (Å²) in [4.78, 5) is 18.0. The number of aromatic nitrogens is 3. The number of benzene rings is 2. The zero-order valence-electron chi connectivity index (χ0n) is 20.0. The molecular formula is C27H29N3O4S. The van der Waals surface area contributed by atoms with Crippen molar-refractivity contribution in [3.63, 3.8) is 0 Å². The third-order valence-electron chi connectivity index (χ3n) is 5.40. The van der Waals surface area contributed by atoms with Gasteiger partial charge in [-0.1, -0.05) is 56.2 Å². The number of fused-ring (bicyclic) bond motifs is 1. The predicted molar refractivity (Wildman–Crippen MR) is 140 cm³/mol. The minimum atomic E-state index is -0.204. The molecule has 0 aliphatic rings. The van der Waals surface area contributed by atoms with E-state index in [1.807, 2.05) is 48.5 Å². The van der Waals surface area contributed by atoms with Crippen LogP contribution in [-0.2, 0) is 0 Å². The van der Waals surface area contributed by atoms with Crippen LogP contribution >= 0.6 is 11.3 Å². The molecule has 0 saturated carbocycles. The van der Waals surface area contributed by atoms with Crippen LogP contribution in [0.4, 0.5) is 0 Å². The van der Waals surface area contributed by atoms with E-state index in [1.54, 1.807) is 13.2 Å². The third kappa shape index (κ3) is 5.89. The summed E-state index contributed by atoms with van der Waals surface area (Å²) in [7, 11) is 1.62. The van der Waals surface area contributed by atoms with E-state index in [0.29, 0.717) is 40.0 Å². The van der Waals surface area contributed by atoms with Gasteiger partial charge >= 0.3 is 0 Å². The van der Waals surface area contributed by atoms with Gasteiger partial charge in [-0.2, -0.15) is 9.50 Å². The molecule has 0 aliphatic heterocycles. The van der Waals surface area contributed by atoms with E-state index < -0.39 is 0 Å². The van der Waals surface area contributed by atoms with E-state index in [4.69, 9.17) is 14.2 Å². The molecule has 35 heavy (non-hydrogen) atoms. The molecule has 0 amide bonds. The van der Waals surface area contributed by atoms with E-state index >= 15 is 0 Å². The van der Waals surface area contributed by atoms with E-state index in [0.717, 1.165) is 29.7 Å². The normalized spacial score (nSPS) is 11.7. The van der Waals surface area contributed by atoms with Crippen molar-refractivity contribution < 1.29 is 14.2 Å². The Morgan fingerprint density at radius 1 is 1.06 bits per heavy atom. The van der Waals surface area contributed by atoms with Crippen LogP contribution in [0.3, 0.4) is 0 Å². The highest BCUT2D eigenvalue weighted by Gasteiger charge is 2.13. The molecule has 0 radical (unpaired) electrons. The van der Waals surface area contributed by atoms with Gasteiger partial charge in [-0.05, 0) is 54.5 Å². The topological polar surface area (TPSA) is 75.0 Å². The number of thiazole rings is 1. The van der Waals surface area contributed by atoms with Crippen molar-refractivity contribution in [1.82, 2.24) is 14.6 Å². The number of hydrogen-bond donors (Lipinski definition) is 0. The zero-order chi connectivity index (χ0) is 24.6. The number of methoxy groups -OCH3 is 1. The van der Waals surface area contributed by atoms with Gasteiger partial charge in [-0.25, -0.2) is 0 Å². The van der Waals surface area contributed by atoms with E-state index in [2.05, 4.69) is 23.6 Å². The van der Waals surface area contributed by atoms with Crippen LogP contribution in [0.2, 0.25) is 0 Å². The minimum absolute atomic E-state index is 0.204. The lowest BCUT2D eigenvalue weighted by Crippen LogP contribution is -2.23. The summed E-state index contributed by atoms with van der Waals surface area (Å²) in [6.07, 6.45) is 8.09. The monoisotopic (exact) mass is 491 g/mol. The molecule has 0 aliphatic carbocycles. The Bertz CT molecular complexity index is 1390. The molecule has 4 rings (SSSR count). The number of rotatable bonds is 12. The Balaban J connectivity index is 1.53. The van der Waals surface area contributed by atoms with Crippen LogP contribution in [0.15, 0.2) is 59.9 Å². The summed E-state index contributed by atoms with van der Waals surface area (Å²) in [5.74, 6) is 2.58. The van der Waals surface area contributed by atoms with Crippen molar-refractivity contribution in [3.05, 3.63) is 75.6 Å². The number of nitrogens with zero attached hydrogens (tertiary/aromatic N) is 3. The van der Waals surface area contributed by atoms with E-state index in [1.165, 1.54) is 28.7 Å². The molecule has 0 atom stereocenters. The van der Waals surface area contributed by atoms with Crippen LogP contribution < -0.4 is 24.3 Å². The van der Waals surface area contributed by atoms with Crippen molar-refractivity contribution >= 4 is 22.4 Å². The Hall–Kier alpha value is -3.65. The van der Waals surface area contributed by atoms with Crippen molar-refractivity contribution in [2.75, 3.05) is 20.3 Å². The molecule has 0 spiro atoms. The molecule has 0 saturated heterocycles. The molecule has 4 aromatic rings. The van der Waals surface area contributed by atoms with Gasteiger partial charge in [0.1, 0.15) is 12.4 Å². The molecular weight excluding hydrogens is 462 g/mol. The van der Waals surface area contributed by atoms with E-state index in [-0.39, 0.29) is 5.56 Å². The summed E-state index contributed by atoms with van der Waals surface area (Å²) in [5, 5.41) is 4.42. The first kappa shape index (κ1) is 24.5. The smallest absolute Gasteiger partial charge is 0.291 e. The molecule has 0 fully saturated rings. The first-order valence-corrected chi connectivity index (χ1v) is 12.5. The van der Waals surface area contributed by atoms with Gasteiger partial charge in [0.05, 0.1) is 18.2 Å². The van der Waals surface area contributed by atoms with Gasteiger partial charge in [0.2, 0.25) is 4.96 Å². The second-order valence-corrected chi connectivity index (χ2v) is 9.00. The summed E-state index contributed by atoms with van der Waals surface area (Å²) in [6, 6.07) is 13.1. The van der Waals surface area contributed by atoms with Crippen molar-refractivity contribution in [1.29, 1.82) is 0 Å². The number of unbranched alkanes of at least 4 members (excludes halogenated alkanes) is 3. The molecule has 0 unspecified atom stereocenters.